The van der Waals surface area contributed by atoms with Crippen LogP contribution in [0.15, 0.2) is 59.6 Å². The van der Waals surface area contributed by atoms with Gasteiger partial charge in [-0.25, -0.2) is 18.2 Å². The van der Waals surface area contributed by atoms with Crippen molar-refractivity contribution in [1.82, 2.24) is 4.98 Å². The molecule has 184 valence electrons. The molecule has 1 aliphatic rings. The molecule has 1 aliphatic heterocycles. The number of carboxylic acid groups (broad SMARTS) is 1. The molecule has 9 heteroatoms. The number of piperazine rings is 1. The van der Waals surface area contributed by atoms with Gasteiger partial charge in [0, 0.05) is 31.4 Å². The Labute approximate surface area is 206 Å². The number of carboxylic acids is 1. The van der Waals surface area contributed by atoms with Crippen molar-refractivity contribution in [3.05, 3.63) is 77.0 Å². The Morgan fingerprint density at radius 3 is 2.49 bits per heavy atom. The van der Waals surface area contributed by atoms with Crippen molar-refractivity contribution in [2.24, 2.45) is 0 Å². The van der Waals surface area contributed by atoms with Crippen LogP contribution < -0.4 is 14.5 Å². The summed E-state index contributed by atoms with van der Waals surface area (Å²) in [5.74, 6) is -0.822. The van der Waals surface area contributed by atoms with Gasteiger partial charge in [-0.15, -0.1) is 0 Å². The highest BCUT2D eigenvalue weighted by molar-refractivity contribution is 7.92. The van der Waals surface area contributed by atoms with E-state index >= 15 is 0 Å². The zero-order chi connectivity index (χ0) is 25.3. The van der Waals surface area contributed by atoms with Crippen LogP contribution in [0.3, 0.4) is 0 Å². The number of benzene rings is 2. The summed E-state index contributed by atoms with van der Waals surface area (Å²) in [6.07, 6.45) is 1.38. The maximum Gasteiger partial charge on any atom is 0.339 e. The molecule has 3 aromatic rings. The molecule has 8 nitrogen and oxygen atoms in total. The molecule has 0 aliphatic carbocycles. The molecule has 1 atom stereocenters. The molecule has 0 amide bonds. The minimum atomic E-state index is -3.90. The first-order valence-electron chi connectivity index (χ1n) is 11.5. The highest BCUT2D eigenvalue weighted by Crippen LogP contribution is 2.28. The molecule has 2 heterocycles. The van der Waals surface area contributed by atoms with Gasteiger partial charge in [0.1, 0.15) is 11.4 Å². The molecular weight excluding hydrogens is 464 g/mol. The second-order valence-electron chi connectivity index (χ2n) is 9.10. The van der Waals surface area contributed by atoms with Crippen LogP contribution in [-0.2, 0) is 10.0 Å². The van der Waals surface area contributed by atoms with Crippen LogP contribution in [-0.4, -0.2) is 50.2 Å². The number of pyridine rings is 1. The lowest BCUT2D eigenvalue weighted by Gasteiger charge is -2.42. The topological polar surface area (TPSA) is 103 Å². The van der Waals surface area contributed by atoms with Crippen molar-refractivity contribution in [2.45, 2.75) is 38.6 Å². The number of nitrogens with zero attached hydrogens (tertiary/aromatic N) is 3. The van der Waals surface area contributed by atoms with Crippen LogP contribution in [0.2, 0.25) is 0 Å². The third-order valence-electron chi connectivity index (χ3n) is 6.24. The predicted molar refractivity (Wildman–Crippen MR) is 138 cm³/mol. The van der Waals surface area contributed by atoms with Gasteiger partial charge in [0.2, 0.25) is 0 Å². The average molecular weight is 495 g/mol. The number of rotatable bonds is 6. The van der Waals surface area contributed by atoms with Gasteiger partial charge < -0.3 is 14.9 Å². The van der Waals surface area contributed by atoms with Crippen LogP contribution in [0.25, 0.3) is 0 Å². The highest BCUT2D eigenvalue weighted by Gasteiger charge is 2.28. The van der Waals surface area contributed by atoms with Gasteiger partial charge in [-0.2, -0.15) is 0 Å². The van der Waals surface area contributed by atoms with Gasteiger partial charge in [0.05, 0.1) is 16.8 Å². The van der Waals surface area contributed by atoms with E-state index in [-0.39, 0.29) is 22.2 Å². The molecule has 0 radical (unpaired) electrons. The Morgan fingerprint density at radius 2 is 1.80 bits per heavy atom. The van der Waals surface area contributed by atoms with Crippen molar-refractivity contribution in [3.63, 3.8) is 0 Å². The number of aryl methyl sites for hydroxylation is 3. The molecule has 1 aromatic heterocycles. The Balaban J connectivity index is 1.58. The Morgan fingerprint density at radius 1 is 1.06 bits per heavy atom. The van der Waals surface area contributed by atoms with E-state index in [0.717, 1.165) is 11.3 Å². The number of hydrogen-bond donors (Lipinski definition) is 2. The summed E-state index contributed by atoms with van der Waals surface area (Å²) in [5, 5.41) is 9.89. The highest BCUT2D eigenvalue weighted by atomic mass is 32.2. The number of aromatic carboxylic acids is 1. The molecule has 1 unspecified atom stereocenters. The van der Waals surface area contributed by atoms with Crippen molar-refractivity contribution in [2.75, 3.05) is 34.2 Å². The average Bonchev–Trinajstić information content (AvgIpc) is 2.80. The van der Waals surface area contributed by atoms with E-state index in [1.807, 2.05) is 24.0 Å². The number of nitrogens with one attached hydrogen (secondary N) is 1. The lowest BCUT2D eigenvalue weighted by Crippen LogP contribution is -2.52. The van der Waals surface area contributed by atoms with Crippen molar-refractivity contribution < 1.29 is 18.3 Å². The van der Waals surface area contributed by atoms with E-state index in [1.165, 1.54) is 17.8 Å². The van der Waals surface area contributed by atoms with E-state index in [0.29, 0.717) is 31.0 Å². The molecule has 4 rings (SSSR count). The molecule has 35 heavy (non-hydrogen) atoms. The summed E-state index contributed by atoms with van der Waals surface area (Å²) in [6.45, 7) is 9.60. The maximum atomic E-state index is 13.0. The van der Waals surface area contributed by atoms with Crippen LogP contribution in [0.4, 0.5) is 17.2 Å². The number of carbonyl (C=O) groups is 1. The summed E-state index contributed by atoms with van der Waals surface area (Å²) in [5.41, 5.74) is 3.81. The Kier molecular flexibility index (Phi) is 6.71. The maximum absolute atomic E-state index is 13.0. The van der Waals surface area contributed by atoms with Crippen molar-refractivity contribution >= 4 is 33.2 Å². The molecule has 2 N–H and O–H groups in total. The van der Waals surface area contributed by atoms with Gasteiger partial charge in [0.15, 0.2) is 0 Å². The SMILES string of the molecule is Cc1cccc(N2CCN(c3ncc(NS(=O)(=O)c4cc(C)ccc4C)cc3C(=O)O)CC2C)c1. The summed E-state index contributed by atoms with van der Waals surface area (Å²) < 4.78 is 28.4. The minimum absolute atomic E-state index is 0.0395. The number of aromatic nitrogens is 1. The van der Waals surface area contributed by atoms with E-state index < -0.39 is 16.0 Å². The van der Waals surface area contributed by atoms with E-state index in [2.05, 4.69) is 46.7 Å². The normalized spacial score (nSPS) is 16.3. The third-order valence-corrected chi connectivity index (χ3v) is 7.77. The van der Waals surface area contributed by atoms with Gasteiger partial charge >= 0.3 is 5.97 Å². The van der Waals surface area contributed by atoms with Crippen LogP contribution in [0, 0.1) is 20.8 Å². The first kappa shape index (κ1) is 24.5. The summed E-state index contributed by atoms with van der Waals surface area (Å²) in [7, 11) is -3.90. The Bertz CT molecular complexity index is 1370. The van der Waals surface area contributed by atoms with Gasteiger partial charge in [0.25, 0.3) is 10.0 Å². The second kappa shape index (κ2) is 9.58. The molecule has 2 aromatic carbocycles. The lowest BCUT2D eigenvalue weighted by molar-refractivity contribution is 0.0697. The first-order chi connectivity index (χ1) is 16.5. The van der Waals surface area contributed by atoms with E-state index in [4.69, 9.17) is 0 Å². The number of hydrogen-bond acceptors (Lipinski definition) is 6. The largest absolute Gasteiger partial charge is 0.478 e. The summed E-state index contributed by atoms with van der Waals surface area (Å²) >= 11 is 0. The molecule has 0 bridgehead atoms. The smallest absolute Gasteiger partial charge is 0.339 e. The fraction of sp³-hybridized carbons (Fsp3) is 0.308. The summed E-state index contributed by atoms with van der Waals surface area (Å²) in [4.78, 5) is 20.9. The van der Waals surface area contributed by atoms with Crippen LogP contribution >= 0.6 is 0 Å². The van der Waals surface area contributed by atoms with Gasteiger partial charge in [-0.05, 0) is 68.7 Å². The first-order valence-corrected chi connectivity index (χ1v) is 12.9. The molecule has 0 spiro atoms. The third kappa shape index (κ3) is 5.24. The predicted octanol–water partition coefficient (Wildman–Crippen LogP) is 4.22. The minimum Gasteiger partial charge on any atom is -0.478 e. The second-order valence-corrected chi connectivity index (χ2v) is 10.8. The van der Waals surface area contributed by atoms with Gasteiger partial charge in [-0.3, -0.25) is 4.72 Å². The van der Waals surface area contributed by atoms with Crippen LogP contribution in [0.1, 0.15) is 34.0 Å². The fourth-order valence-corrected chi connectivity index (χ4v) is 5.83. The number of sulfonamides is 1. The standard InChI is InChI=1S/C26H30N4O4S/c1-17-6-5-7-22(12-17)30-11-10-29(16-20(30)4)25-23(26(31)32)14-21(15-27-25)28-35(33,34)24-13-18(2)8-9-19(24)3/h5-9,12-15,20,28H,10-11,16H2,1-4H3,(H,31,32). The zero-order valence-electron chi connectivity index (χ0n) is 20.3. The van der Waals surface area contributed by atoms with Crippen molar-refractivity contribution in [1.29, 1.82) is 0 Å². The van der Waals surface area contributed by atoms with E-state index in [9.17, 15) is 18.3 Å². The molecule has 1 saturated heterocycles. The quantitative estimate of drug-likeness (QED) is 0.529. The summed E-state index contributed by atoms with van der Waals surface area (Å²) in [6, 6.07) is 15.0. The fourth-order valence-electron chi connectivity index (χ4n) is 4.47. The van der Waals surface area contributed by atoms with Crippen LogP contribution in [0.5, 0.6) is 0 Å². The lowest BCUT2D eigenvalue weighted by atomic mass is 10.1. The monoisotopic (exact) mass is 494 g/mol. The molecular formula is C26H30N4O4S. The Hall–Kier alpha value is -3.59. The van der Waals surface area contributed by atoms with Crippen molar-refractivity contribution in [3.8, 4) is 0 Å². The van der Waals surface area contributed by atoms with E-state index in [1.54, 1.807) is 19.1 Å². The molecule has 0 saturated carbocycles. The molecule has 1 fully saturated rings. The zero-order valence-corrected chi connectivity index (χ0v) is 21.1. The number of anilines is 3. The van der Waals surface area contributed by atoms with Gasteiger partial charge in [-0.1, -0.05) is 24.3 Å².